The van der Waals surface area contributed by atoms with Gasteiger partial charge in [0.1, 0.15) is 0 Å². The maximum Gasteiger partial charge on any atom is 0.335 e. The van der Waals surface area contributed by atoms with Crippen molar-refractivity contribution in [1.82, 2.24) is 19.7 Å². The molecule has 1 saturated carbocycles. The summed E-state index contributed by atoms with van der Waals surface area (Å²) in [6, 6.07) is 11.8. The van der Waals surface area contributed by atoms with Crippen LogP contribution in [0, 0.1) is 6.92 Å². The van der Waals surface area contributed by atoms with Gasteiger partial charge in [0.15, 0.2) is 0 Å². The number of ether oxygens (including phenoxy) is 2. The maximum absolute atomic E-state index is 12.0. The van der Waals surface area contributed by atoms with Crippen molar-refractivity contribution in [3.8, 4) is 23.0 Å². The quantitative estimate of drug-likeness (QED) is 0.205. The Balaban J connectivity index is 1.63. The lowest BCUT2D eigenvalue weighted by molar-refractivity contribution is 0.0696. The molecule has 10 heteroatoms. The Labute approximate surface area is 231 Å². The molecule has 9 nitrogen and oxygen atoms in total. The van der Waals surface area contributed by atoms with Crippen molar-refractivity contribution in [3.63, 3.8) is 0 Å². The van der Waals surface area contributed by atoms with Crippen LogP contribution in [0.1, 0.15) is 53.2 Å². The van der Waals surface area contributed by atoms with Crippen LogP contribution in [-0.2, 0) is 0 Å². The van der Waals surface area contributed by atoms with Gasteiger partial charge in [0.25, 0.3) is 0 Å². The summed E-state index contributed by atoms with van der Waals surface area (Å²) in [5, 5.41) is 14.3. The van der Waals surface area contributed by atoms with Crippen LogP contribution < -0.4 is 19.5 Å². The van der Waals surface area contributed by atoms with Gasteiger partial charge >= 0.3 is 12.0 Å². The van der Waals surface area contributed by atoms with Gasteiger partial charge in [-0.15, -0.1) is 0 Å². The Kier molecular flexibility index (Phi) is 7.85. The van der Waals surface area contributed by atoms with E-state index in [0.29, 0.717) is 11.8 Å². The van der Waals surface area contributed by atoms with Crippen molar-refractivity contribution in [1.29, 1.82) is 0 Å². The molecule has 1 aliphatic rings. The Bertz CT molecular complexity index is 1540. The van der Waals surface area contributed by atoms with Crippen molar-refractivity contribution in [2.45, 2.75) is 43.4 Å². The van der Waals surface area contributed by atoms with Crippen molar-refractivity contribution in [3.05, 3.63) is 59.4 Å². The largest absolute Gasteiger partial charge is 0.480 e. The molecule has 0 saturated heterocycles. The number of aromatic carboxylic acids is 1. The van der Waals surface area contributed by atoms with Gasteiger partial charge in [-0.05, 0) is 80.1 Å². The summed E-state index contributed by atoms with van der Waals surface area (Å²) in [6.45, 7) is 1.96. The van der Waals surface area contributed by atoms with E-state index in [-0.39, 0.29) is 11.6 Å². The van der Waals surface area contributed by atoms with Crippen LogP contribution in [0.15, 0.2) is 47.5 Å². The van der Waals surface area contributed by atoms with E-state index in [1.165, 1.54) is 31.9 Å². The summed E-state index contributed by atoms with van der Waals surface area (Å²) in [7, 11) is 4.93. The lowest BCUT2D eigenvalue weighted by atomic mass is 9.95. The SMILES string of the molecule is CNSc1c(C)nc2cc(-c3cnc(OC)nc3OC)ccc2c1Nc1cc(C(=O)O)cc(C2CCCC2)c1. The van der Waals surface area contributed by atoms with Crippen LogP contribution in [0.4, 0.5) is 11.4 Å². The number of benzene rings is 2. The fourth-order valence-corrected chi connectivity index (χ4v) is 5.84. The normalized spacial score (nSPS) is 13.5. The number of rotatable bonds is 9. The number of hydrogen-bond acceptors (Lipinski definition) is 9. The van der Waals surface area contributed by atoms with E-state index in [1.54, 1.807) is 19.4 Å². The van der Waals surface area contributed by atoms with Gasteiger partial charge in [-0.3, -0.25) is 9.71 Å². The van der Waals surface area contributed by atoms with Crippen molar-refractivity contribution in [2.75, 3.05) is 26.6 Å². The van der Waals surface area contributed by atoms with E-state index in [4.69, 9.17) is 14.5 Å². The molecular weight excluding hydrogens is 514 g/mol. The highest BCUT2D eigenvalue weighted by Gasteiger charge is 2.21. The number of aryl methyl sites for hydroxylation is 1. The standard InChI is InChI=1S/C29H31N5O4S/c1-16-26(39-30-2)25(33-21-12-19(17-7-5-6-8-17)11-20(13-21)28(35)36)22-10-9-18(14-24(22)32-16)23-15-31-29(38-4)34-27(23)37-3/h9-15,17,30H,5-8H2,1-4H3,(H,32,33)(H,35,36). The van der Waals surface area contributed by atoms with E-state index < -0.39 is 5.97 Å². The van der Waals surface area contributed by atoms with Gasteiger partial charge in [0.05, 0.1) is 47.1 Å². The van der Waals surface area contributed by atoms with E-state index >= 15 is 0 Å². The molecule has 5 rings (SSSR count). The molecule has 1 aliphatic carbocycles. The second-order valence-electron chi connectivity index (χ2n) is 9.47. The number of carboxylic acid groups (broad SMARTS) is 1. The minimum atomic E-state index is -0.932. The number of methoxy groups -OCH3 is 2. The number of carboxylic acids is 1. The molecule has 0 amide bonds. The zero-order valence-electron chi connectivity index (χ0n) is 22.4. The zero-order valence-corrected chi connectivity index (χ0v) is 23.2. The number of fused-ring (bicyclic) bond motifs is 1. The predicted octanol–water partition coefficient (Wildman–Crippen LogP) is 6.34. The fraction of sp³-hybridized carbons (Fsp3) is 0.310. The molecule has 39 heavy (non-hydrogen) atoms. The number of carbonyl (C=O) groups is 1. The predicted molar refractivity (Wildman–Crippen MR) is 153 cm³/mol. The second-order valence-corrected chi connectivity index (χ2v) is 10.5. The first kappa shape index (κ1) is 26.7. The third kappa shape index (κ3) is 5.48. The molecule has 4 aromatic rings. The first-order valence-electron chi connectivity index (χ1n) is 12.8. The molecule has 0 aliphatic heterocycles. The highest BCUT2D eigenvalue weighted by molar-refractivity contribution is 7.97. The number of hydrogen-bond donors (Lipinski definition) is 3. The molecule has 2 heterocycles. The maximum atomic E-state index is 12.0. The van der Waals surface area contributed by atoms with E-state index in [9.17, 15) is 9.90 Å². The van der Waals surface area contributed by atoms with Gasteiger partial charge in [0.2, 0.25) is 5.88 Å². The number of pyridine rings is 1. The Morgan fingerprint density at radius 1 is 1.08 bits per heavy atom. The Hall–Kier alpha value is -3.89. The lowest BCUT2D eigenvalue weighted by Gasteiger charge is -2.19. The Morgan fingerprint density at radius 3 is 2.56 bits per heavy atom. The van der Waals surface area contributed by atoms with E-state index in [2.05, 4.69) is 26.1 Å². The monoisotopic (exact) mass is 545 g/mol. The molecule has 0 atom stereocenters. The van der Waals surface area contributed by atoms with Crippen LogP contribution >= 0.6 is 11.9 Å². The highest BCUT2D eigenvalue weighted by Crippen LogP contribution is 2.41. The number of anilines is 2. The molecule has 0 bridgehead atoms. The molecule has 0 unspecified atom stereocenters. The fourth-order valence-electron chi connectivity index (χ4n) is 5.18. The smallest absolute Gasteiger partial charge is 0.335 e. The van der Waals surface area contributed by atoms with Crippen LogP contribution in [0.2, 0.25) is 0 Å². The first-order chi connectivity index (χ1) is 18.9. The van der Waals surface area contributed by atoms with Crippen molar-refractivity contribution in [2.24, 2.45) is 0 Å². The average molecular weight is 546 g/mol. The molecule has 2 aromatic heterocycles. The summed E-state index contributed by atoms with van der Waals surface area (Å²) >= 11 is 1.47. The van der Waals surface area contributed by atoms with Crippen molar-refractivity contribution >= 4 is 40.2 Å². The molecule has 202 valence electrons. The minimum Gasteiger partial charge on any atom is -0.480 e. The highest BCUT2D eigenvalue weighted by atomic mass is 32.2. The number of nitrogens with zero attached hydrogens (tertiary/aromatic N) is 3. The molecule has 3 N–H and O–H groups in total. The van der Waals surface area contributed by atoms with Crippen LogP contribution in [0.3, 0.4) is 0 Å². The van der Waals surface area contributed by atoms with Crippen LogP contribution in [-0.4, -0.2) is 47.3 Å². The van der Waals surface area contributed by atoms with Gasteiger partial charge in [-0.2, -0.15) is 4.98 Å². The lowest BCUT2D eigenvalue weighted by Crippen LogP contribution is -2.05. The summed E-state index contributed by atoms with van der Waals surface area (Å²) in [6.07, 6.45) is 6.19. The van der Waals surface area contributed by atoms with E-state index in [0.717, 1.165) is 62.4 Å². The number of nitrogens with one attached hydrogen (secondary N) is 2. The summed E-state index contributed by atoms with van der Waals surface area (Å²) < 4.78 is 13.8. The topological polar surface area (TPSA) is 118 Å². The first-order valence-corrected chi connectivity index (χ1v) is 13.6. The zero-order chi connectivity index (χ0) is 27.5. The van der Waals surface area contributed by atoms with Gasteiger partial charge < -0.3 is 19.9 Å². The molecule has 0 radical (unpaired) electrons. The molecular formula is C29H31N5O4S. The minimum absolute atomic E-state index is 0.228. The molecule has 2 aromatic carbocycles. The summed E-state index contributed by atoms with van der Waals surface area (Å²) in [5.74, 6) is -0.140. The second kappa shape index (κ2) is 11.5. The number of aromatic nitrogens is 3. The average Bonchev–Trinajstić information content (AvgIpc) is 3.49. The van der Waals surface area contributed by atoms with Gasteiger partial charge in [-0.1, -0.05) is 25.0 Å². The summed E-state index contributed by atoms with van der Waals surface area (Å²) in [5.41, 5.74) is 6.15. The summed E-state index contributed by atoms with van der Waals surface area (Å²) in [4.78, 5) is 26.4. The molecule has 0 spiro atoms. The molecule has 1 fully saturated rings. The van der Waals surface area contributed by atoms with Gasteiger partial charge in [-0.25, -0.2) is 9.78 Å². The third-order valence-electron chi connectivity index (χ3n) is 7.03. The third-order valence-corrected chi connectivity index (χ3v) is 7.94. The van der Waals surface area contributed by atoms with Crippen LogP contribution in [0.25, 0.3) is 22.0 Å². The van der Waals surface area contributed by atoms with Crippen molar-refractivity contribution < 1.29 is 19.4 Å². The Morgan fingerprint density at radius 2 is 1.87 bits per heavy atom. The van der Waals surface area contributed by atoms with E-state index in [1.807, 2.05) is 38.2 Å². The van der Waals surface area contributed by atoms with Gasteiger partial charge in [0, 0.05) is 17.3 Å². The van der Waals surface area contributed by atoms with Crippen LogP contribution in [0.5, 0.6) is 11.9 Å².